The van der Waals surface area contributed by atoms with E-state index in [0.717, 1.165) is 21.4 Å². The van der Waals surface area contributed by atoms with Gasteiger partial charge in [-0.1, -0.05) is 22.9 Å². The Hall–Kier alpha value is -0.760. The van der Waals surface area contributed by atoms with Gasteiger partial charge in [0.05, 0.1) is 16.0 Å². The van der Waals surface area contributed by atoms with Gasteiger partial charge in [-0.3, -0.25) is 0 Å². The summed E-state index contributed by atoms with van der Waals surface area (Å²) in [5.41, 5.74) is 1.09. The van der Waals surface area contributed by atoms with Gasteiger partial charge in [-0.05, 0) is 38.8 Å². The molecule has 0 saturated heterocycles. The minimum absolute atomic E-state index is 0.796. The van der Waals surface area contributed by atoms with Crippen molar-refractivity contribution in [1.29, 1.82) is 0 Å². The zero-order valence-corrected chi connectivity index (χ0v) is 13.0. The number of para-hydroxylation sites is 1. The van der Waals surface area contributed by atoms with E-state index >= 15 is 0 Å². The van der Waals surface area contributed by atoms with E-state index < -0.39 is 0 Å². The first-order valence-corrected chi connectivity index (χ1v) is 9.96. The molecule has 0 saturated carbocycles. The lowest BCUT2D eigenvalue weighted by Gasteiger charge is -1.96. The third kappa shape index (κ3) is 3.62. The molecular formula is C12H9N3S4. The van der Waals surface area contributed by atoms with Crippen molar-refractivity contribution in [2.45, 2.75) is 10.9 Å². The Kier molecular flexibility index (Phi) is 4.60. The highest BCUT2D eigenvalue weighted by atomic mass is 33.5. The van der Waals surface area contributed by atoms with Gasteiger partial charge in [-0.15, -0.1) is 11.3 Å². The smallest absolute Gasteiger partial charge is 0.199 e. The van der Waals surface area contributed by atoms with E-state index in [0.29, 0.717) is 0 Å². The summed E-state index contributed by atoms with van der Waals surface area (Å²) in [6.45, 7) is 0. The lowest BCUT2D eigenvalue weighted by atomic mass is 10.3. The Balaban J connectivity index is 1.52. The van der Waals surface area contributed by atoms with E-state index in [1.165, 1.54) is 4.70 Å². The Morgan fingerprint density at radius 2 is 1.89 bits per heavy atom. The molecule has 0 radical (unpaired) electrons. The van der Waals surface area contributed by atoms with Crippen molar-refractivity contribution in [2.75, 3.05) is 0 Å². The number of hydrogen-bond acceptors (Lipinski definition) is 7. The van der Waals surface area contributed by atoms with Crippen LogP contribution in [0.1, 0.15) is 5.01 Å². The quantitative estimate of drug-likeness (QED) is 0.386. The molecule has 0 spiro atoms. The summed E-state index contributed by atoms with van der Waals surface area (Å²) in [4.78, 5) is 12.9. The normalized spacial score (nSPS) is 10.9. The fraction of sp³-hybridized carbons (Fsp3) is 0.0833. The minimum atomic E-state index is 0.796. The second-order valence-electron chi connectivity index (χ2n) is 3.52. The lowest BCUT2D eigenvalue weighted by Crippen LogP contribution is -1.79. The molecule has 0 atom stereocenters. The van der Waals surface area contributed by atoms with Crippen LogP contribution in [0.25, 0.3) is 10.2 Å². The maximum absolute atomic E-state index is 4.60. The van der Waals surface area contributed by atoms with Gasteiger partial charge in [0.25, 0.3) is 0 Å². The highest BCUT2D eigenvalue weighted by molar-refractivity contribution is 9.09. The maximum atomic E-state index is 4.60. The fourth-order valence-corrected chi connectivity index (χ4v) is 5.85. The zero-order chi connectivity index (χ0) is 12.9. The number of fused-ring (bicyclic) bond motifs is 1. The van der Waals surface area contributed by atoms with Crippen molar-refractivity contribution in [3.8, 4) is 0 Å². The second kappa shape index (κ2) is 6.60. The van der Waals surface area contributed by atoms with Gasteiger partial charge in [-0.2, -0.15) is 0 Å². The fourth-order valence-electron chi connectivity index (χ4n) is 1.44. The van der Waals surface area contributed by atoms with Gasteiger partial charge in [-0.25, -0.2) is 15.0 Å². The molecule has 7 heteroatoms. The molecule has 1 aromatic carbocycles. The monoisotopic (exact) mass is 323 g/mol. The summed E-state index contributed by atoms with van der Waals surface area (Å²) in [6, 6.07) is 10.1. The number of aromatic nitrogens is 3. The first-order valence-electron chi connectivity index (χ1n) is 5.49. The van der Waals surface area contributed by atoms with E-state index in [2.05, 4.69) is 33.2 Å². The Morgan fingerprint density at radius 3 is 2.74 bits per heavy atom. The largest absolute Gasteiger partial charge is 0.240 e. The third-order valence-electron chi connectivity index (χ3n) is 2.22. The molecule has 19 heavy (non-hydrogen) atoms. The minimum Gasteiger partial charge on any atom is -0.240 e. The van der Waals surface area contributed by atoms with E-state index in [9.17, 15) is 0 Å². The molecule has 96 valence electrons. The van der Waals surface area contributed by atoms with Gasteiger partial charge >= 0.3 is 0 Å². The van der Waals surface area contributed by atoms with Crippen molar-refractivity contribution < 1.29 is 0 Å². The van der Waals surface area contributed by atoms with Crippen LogP contribution in [-0.4, -0.2) is 15.0 Å². The Bertz CT molecular complexity index is 623. The van der Waals surface area contributed by atoms with Gasteiger partial charge in [0.15, 0.2) is 5.16 Å². The molecule has 3 nitrogen and oxygen atoms in total. The van der Waals surface area contributed by atoms with Crippen molar-refractivity contribution >= 4 is 53.0 Å². The Morgan fingerprint density at radius 1 is 1.05 bits per heavy atom. The number of nitrogens with zero attached hydrogens (tertiary/aromatic N) is 3. The molecule has 0 fully saturated rings. The summed E-state index contributed by atoms with van der Waals surface area (Å²) in [5.74, 6) is 0.907. The van der Waals surface area contributed by atoms with Gasteiger partial charge in [0.1, 0.15) is 5.01 Å². The van der Waals surface area contributed by atoms with Crippen molar-refractivity contribution in [3.05, 3.63) is 47.7 Å². The maximum Gasteiger partial charge on any atom is 0.199 e. The van der Waals surface area contributed by atoms with Crippen LogP contribution in [0.15, 0.2) is 47.9 Å². The topological polar surface area (TPSA) is 38.7 Å². The summed E-state index contributed by atoms with van der Waals surface area (Å²) in [6.07, 6.45) is 3.52. The zero-order valence-electron chi connectivity index (χ0n) is 9.72. The van der Waals surface area contributed by atoms with Crippen LogP contribution in [0, 0.1) is 0 Å². The highest BCUT2D eigenvalue weighted by Gasteiger charge is 2.04. The summed E-state index contributed by atoms with van der Waals surface area (Å²) >= 11 is 1.76. The van der Waals surface area contributed by atoms with Gasteiger partial charge in [0, 0.05) is 12.4 Å². The van der Waals surface area contributed by atoms with Crippen LogP contribution >= 0.6 is 42.8 Å². The molecule has 2 heterocycles. The molecular weight excluding hydrogens is 314 g/mol. The van der Waals surface area contributed by atoms with Crippen LogP contribution in [0.3, 0.4) is 0 Å². The van der Waals surface area contributed by atoms with Gasteiger partial charge < -0.3 is 0 Å². The molecule has 0 aliphatic heterocycles. The number of benzene rings is 1. The number of thiazole rings is 1. The summed E-state index contributed by atoms with van der Waals surface area (Å²) in [7, 11) is 5.03. The van der Waals surface area contributed by atoms with E-state index in [-0.39, 0.29) is 0 Å². The lowest BCUT2D eigenvalue weighted by molar-refractivity contribution is 0.973. The standard InChI is InChI=1S/C12H9N3S4/c1-2-5-10-9(4-1)15-11(17-10)8-16-19-18-12-13-6-3-7-14-12/h1-7H,8H2. The first kappa shape index (κ1) is 13.2. The van der Waals surface area contributed by atoms with Crippen LogP contribution in [0.4, 0.5) is 0 Å². The van der Waals surface area contributed by atoms with Crippen molar-refractivity contribution in [1.82, 2.24) is 15.0 Å². The van der Waals surface area contributed by atoms with Crippen LogP contribution in [0.2, 0.25) is 0 Å². The van der Waals surface area contributed by atoms with Crippen molar-refractivity contribution in [3.63, 3.8) is 0 Å². The van der Waals surface area contributed by atoms with Gasteiger partial charge in [0.2, 0.25) is 0 Å². The molecule has 0 bridgehead atoms. The molecule has 3 rings (SSSR count). The third-order valence-corrected chi connectivity index (χ3v) is 7.13. The highest BCUT2D eigenvalue weighted by Crippen LogP contribution is 2.40. The van der Waals surface area contributed by atoms with E-state index in [4.69, 9.17) is 0 Å². The molecule has 2 aromatic heterocycles. The van der Waals surface area contributed by atoms with E-state index in [1.807, 2.05) is 12.1 Å². The Labute approximate surface area is 126 Å². The number of rotatable bonds is 5. The second-order valence-corrected chi connectivity index (χ2v) is 8.67. The molecule has 0 amide bonds. The van der Waals surface area contributed by atoms with E-state index in [1.54, 1.807) is 55.1 Å². The molecule has 0 aliphatic rings. The summed E-state index contributed by atoms with van der Waals surface area (Å²) < 4.78 is 1.25. The van der Waals surface area contributed by atoms with Crippen LogP contribution < -0.4 is 0 Å². The molecule has 0 aliphatic carbocycles. The number of hydrogen-bond donors (Lipinski definition) is 0. The molecule has 0 N–H and O–H groups in total. The average molecular weight is 323 g/mol. The predicted octanol–water partition coefficient (Wildman–Crippen LogP) is 4.68. The summed E-state index contributed by atoms with van der Waals surface area (Å²) in [5, 5.41) is 1.96. The first-order chi connectivity index (χ1) is 9.42. The van der Waals surface area contributed by atoms with Crippen LogP contribution in [-0.2, 0) is 5.75 Å². The molecule has 0 unspecified atom stereocenters. The SMILES string of the molecule is c1cnc(SSSCc2nc3ccccc3s2)nc1. The van der Waals surface area contributed by atoms with Crippen LogP contribution in [0.5, 0.6) is 0 Å². The molecule has 3 aromatic rings. The predicted molar refractivity (Wildman–Crippen MR) is 86.4 cm³/mol. The average Bonchev–Trinajstić information content (AvgIpc) is 2.87. The van der Waals surface area contributed by atoms with Crippen molar-refractivity contribution in [2.24, 2.45) is 0 Å².